The van der Waals surface area contributed by atoms with Gasteiger partial charge in [0.2, 0.25) is 5.60 Å². The van der Waals surface area contributed by atoms with Crippen LogP contribution in [0.4, 0.5) is 37.7 Å². The number of carbonyl (C=O) groups excluding carboxylic acids is 2. The molecular formula is C38H46F6N6O5S. The van der Waals surface area contributed by atoms with Gasteiger partial charge in [0.25, 0.3) is 11.8 Å². The zero-order valence-corrected chi connectivity index (χ0v) is 31.8. The van der Waals surface area contributed by atoms with Crippen molar-refractivity contribution >= 4 is 34.5 Å². The van der Waals surface area contributed by atoms with E-state index in [-0.39, 0.29) is 57.3 Å². The minimum absolute atomic E-state index is 0.00622. The lowest BCUT2D eigenvalue weighted by Crippen LogP contribution is -2.69. The number of thiophene rings is 1. The van der Waals surface area contributed by atoms with Gasteiger partial charge in [-0.15, -0.1) is 11.3 Å². The Bertz CT molecular complexity index is 1800. The molecule has 3 fully saturated rings. The fourth-order valence-corrected chi connectivity index (χ4v) is 8.87. The molecule has 5 heterocycles. The van der Waals surface area contributed by atoms with Gasteiger partial charge >= 0.3 is 12.4 Å². The summed E-state index contributed by atoms with van der Waals surface area (Å²) < 4.78 is 96.3. The van der Waals surface area contributed by atoms with Crippen molar-refractivity contribution in [1.82, 2.24) is 19.7 Å². The first-order valence-corrected chi connectivity index (χ1v) is 19.5. The van der Waals surface area contributed by atoms with E-state index < -0.39 is 51.8 Å². The Balaban J connectivity index is 1.39. The Labute approximate surface area is 325 Å². The van der Waals surface area contributed by atoms with E-state index in [2.05, 4.69) is 20.1 Å². The van der Waals surface area contributed by atoms with Gasteiger partial charge in [0.15, 0.2) is 0 Å². The summed E-state index contributed by atoms with van der Waals surface area (Å²) in [6.07, 6.45) is -5.84. The Kier molecular flexibility index (Phi) is 13.0. The first-order valence-electron chi connectivity index (χ1n) is 18.6. The summed E-state index contributed by atoms with van der Waals surface area (Å²) in [5.74, 6) is -1.76. The average Bonchev–Trinajstić information content (AvgIpc) is 3.85. The highest BCUT2D eigenvalue weighted by atomic mass is 32.1. The molecule has 0 radical (unpaired) electrons. The smallest absolute Gasteiger partial charge is 0.425 e. The van der Waals surface area contributed by atoms with Gasteiger partial charge < -0.3 is 34.6 Å². The van der Waals surface area contributed by atoms with Crippen LogP contribution in [0.15, 0.2) is 54.2 Å². The number of rotatable bonds is 13. The van der Waals surface area contributed by atoms with Crippen LogP contribution in [0.2, 0.25) is 0 Å². The molecule has 3 saturated heterocycles. The van der Waals surface area contributed by atoms with Crippen LogP contribution < -0.4 is 15.0 Å². The van der Waals surface area contributed by atoms with E-state index in [1.54, 1.807) is 12.0 Å². The quantitative estimate of drug-likeness (QED) is 0.205. The molecule has 2 amide bonds. The van der Waals surface area contributed by atoms with E-state index in [9.17, 15) is 36.2 Å². The molecule has 0 spiro atoms. The number of carbonyl (C=O) groups is 2. The standard InChI is InChI=1S/C38H46F6N6O5S/c1-54-24-26-6-4-14-47(26)16-10-32-36(55-27-22-33(56-25-27)38(42,43)44,11-5-15-50(32)34(52)28-23-45-12-9-29(28)37(39,40)41)35(53)49-19-17-48(18-20-49)31-8-3-2-7-30(31)46-13-21-51/h2-3,7-9,12,22-23,25-26,32,46,51H,4-6,10-11,13-21,24H2,1H3/t26-,32-,36+/m1/s1. The van der Waals surface area contributed by atoms with Gasteiger partial charge in [0, 0.05) is 89.2 Å². The predicted octanol–water partition coefficient (Wildman–Crippen LogP) is 5.86. The Morgan fingerprint density at radius 3 is 2.48 bits per heavy atom. The van der Waals surface area contributed by atoms with Crippen molar-refractivity contribution in [2.24, 2.45) is 0 Å². The van der Waals surface area contributed by atoms with Crippen LogP contribution in [0, 0.1) is 0 Å². The number of pyridine rings is 1. The number of halogens is 6. The van der Waals surface area contributed by atoms with Crippen molar-refractivity contribution in [3.05, 3.63) is 70.2 Å². The van der Waals surface area contributed by atoms with Crippen LogP contribution in [0.25, 0.3) is 0 Å². The number of para-hydroxylation sites is 2. The second kappa shape index (κ2) is 17.6. The molecule has 11 nitrogen and oxygen atoms in total. The Morgan fingerprint density at radius 2 is 1.79 bits per heavy atom. The van der Waals surface area contributed by atoms with Crippen LogP contribution in [-0.2, 0) is 21.9 Å². The lowest BCUT2D eigenvalue weighted by Gasteiger charge is -2.51. The van der Waals surface area contributed by atoms with Crippen molar-refractivity contribution in [3.63, 3.8) is 0 Å². The molecule has 3 aromatic rings. The molecule has 0 aliphatic carbocycles. The molecule has 3 atom stereocenters. The number of hydrogen-bond acceptors (Lipinski definition) is 10. The largest absolute Gasteiger partial charge is 0.474 e. The maximum absolute atomic E-state index is 15.2. The van der Waals surface area contributed by atoms with E-state index >= 15 is 4.79 Å². The van der Waals surface area contributed by atoms with Crippen LogP contribution in [0.3, 0.4) is 0 Å². The number of ether oxygens (including phenoxy) is 2. The molecule has 18 heteroatoms. The first-order chi connectivity index (χ1) is 26.8. The molecule has 0 unspecified atom stereocenters. The summed E-state index contributed by atoms with van der Waals surface area (Å²) in [5, 5.41) is 13.7. The lowest BCUT2D eigenvalue weighted by molar-refractivity contribution is -0.160. The molecule has 0 saturated carbocycles. The lowest BCUT2D eigenvalue weighted by atomic mass is 9.80. The number of nitrogens with zero attached hydrogens (tertiary/aromatic N) is 5. The highest BCUT2D eigenvalue weighted by Gasteiger charge is 2.56. The Morgan fingerprint density at radius 1 is 1.02 bits per heavy atom. The maximum Gasteiger partial charge on any atom is 0.425 e. The van der Waals surface area contributed by atoms with Crippen molar-refractivity contribution < 1.29 is 50.5 Å². The fourth-order valence-electron chi connectivity index (χ4n) is 8.19. The zero-order chi connectivity index (χ0) is 40.1. The number of anilines is 2. The zero-order valence-electron chi connectivity index (χ0n) is 30.9. The highest BCUT2D eigenvalue weighted by Crippen LogP contribution is 2.43. The van der Waals surface area contributed by atoms with Crippen LogP contribution in [-0.4, -0.2) is 127 Å². The molecule has 1 aromatic carbocycles. The molecule has 0 bridgehead atoms. The number of aliphatic hydroxyl groups is 1. The van der Waals surface area contributed by atoms with Crippen LogP contribution >= 0.6 is 11.3 Å². The summed E-state index contributed by atoms with van der Waals surface area (Å²) in [6.45, 7) is 2.82. The molecule has 3 aliphatic rings. The summed E-state index contributed by atoms with van der Waals surface area (Å²) in [7, 11) is 1.59. The Hall–Kier alpha value is -4.13. The molecule has 306 valence electrons. The number of piperidine rings is 1. The van der Waals surface area contributed by atoms with E-state index in [4.69, 9.17) is 9.47 Å². The van der Waals surface area contributed by atoms with Gasteiger partial charge in [-0.05, 0) is 50.4 Å². The minimum atomic E-state index is -4.89. The minimum Gasteiger partial charge on any atom is -0.474 e. The summed E-state index contributed by atoms with van der Waals surface area (Å²) >= 11 is 0.406. The van der Waals surface area contributed by atoms with Crippen molar-refractivity contribution in [1.29, 1.82) is 0 Å². The van der Waals surface area contributed by atoms with Gasteiger partial charge in [0.05, 0.1) is 41.8 Å². The van der Waals surface area contributed by atoms with E-state index in [0.717, 1.165) is 48.7 Å². The van der Waals surface area contributed by atoms with E-state index in [1.165, 1.54) is 10.3 Å². The van der Waals surface area contributed by atoms with Gasteiger partial charge in [-0.25, -0.2) is 0 Å². The number of alkyl halides is 6. The second-order valence-corrected chi connectivity index (χ2v) is 15.1. The van der Waals surface area contributed by atoms with Crippen molar-refractivity contribution in [2.45, 2.75) is 62.1 Å². The monoisotopic (exact) mass is 812 g/mol. The molecule has 6 rings (SSSR count). The number of hydrogen-bond donors (Lipinski definition) is 2. The topological polar surface area (TPSA) is 111 Å². The number of piperazine rings is 1. The third-order valence-corrected chi connectivity index (χ3v) is 11.7. The second-order valence-electron chi connectivity index (χ2n) is 14.2. The number of amides is 2. The first kappa shape index (κ1) is 41.5. The number of aliphatic hydroxyl groups excluding tert-OH is 1. The average molecular weight is 813 g/mol. The molecule has 56 heavy (non-hydrogen) atoms. The third-order valence-electron chi connectivity index (χ3n) is 10.8. The van der Waals surface area contributed by atoms with Gasteiger partial charge in [-0.2, -0.15) is 26.3 Å². The van der Waals surface area contributed by atoms with Crippen molar-refractivity contribution in [3.8, 4) is 5.75 Å². The maximum atomic E-state index is 15.2. The van der Waals surface area contributed by atoms with E-state index in [0.29, 0.717) is 50.7 Å². The normalized spacial score (nSPS) is 22.4. The van der Waals surface area contributed by atoms with Gasteiger partial charge in [0.1, 0.15) is 10.6 Å². The van der Waals surface area contributed by atoms with Crippen molar-refractivity contribution in [2.75, 3.05) is 82.9 Å². The number of nitrogens with one attached hydrogen (secondary N) is 1. The molecule has 2 N–H and O–H groups in total. The SMILES string of the molecule is COC[C@H]1CCCN1CC[C@H]1N(C(=O)c2cnccc2C(F)(F)F)CCC[C@@]1(Oc1csc(C(F)(F)F)c1)C(=O)N1CCN(c2ccccc2NCCO)CC1. The predicted molar refractivity (Wildman–Crippen MR) is 198 cm³/mol. The number of methoxy groups -OCH3 is 1. The molecule has 2 aromatic heterocycles. The van der Waals surface area contributed by atoms with E-state index in [1.807, 2.05) is 24.3 Å². The van der Waals surface area contributed by atoms with Gasteiger partial charge in [-0.1, -0.05) is 12.1 Å². The highest BCUT2D eigenvalue weighted by molar-refractivity contribution is 7.10. The summed E-state index contributed by atoms with van der Waals surface area (Å²) in [6, 6.07) is 7.94. The van der Waals surface area contributed by atoms with Crippen LogP contribution in [0.5, 0.6) is 5.75 Å². The molecular weight excluding hydrogens is 767 g/mol. The number of benzene rings is 1. The third kappa shape index (κ3) is 9.03. The summed E-state index contributed by atoms with van der Waals surface area (Å²) in [4.78, 5) is 39.5. The fraction of sp³-hybridized carbons (Fsp3) is 0.553. The number of likely N-dealkylation sites (tertiary alicyclic amines) is 2. The number of aromatic nitrogens is 1. The molecule has 3 aliphatic heterocycles. The summed E-state index contributed by atoms with van der Waals surface area (Å²) in [5.41, 5.74) is -2.17. The van der Waals surface area contributed by atoms with Crippen LogP contribution in [0.1, 0.15) is 52.9 Å². The van der Waals surface area contributed by atoms with Gasteiger partial charge in [-0.3, -0.25) is 19.5 Å².